The molecule has 0 spiro atoms. The predicted molar refractivity (Wildman–Crippen MR) is 150 cm³/mol. The molecule has 200 valence electrons. The average molecular weight is 514 g/mol. The highest BCUT2D eigenvalue weighted by Gasteiger charge is 2.40. The van der Waals surface area contributed by atoms with Crippen LogP contribution in [0.15, 0.2) is 48.5 Å². The fourth-order valence-corrected chi connectivity index (χ4v) is 6.56. The first kappa shape index (κ1) is 26.3. The summed E-state index contributed by atoms with van der Waals surface area (Å²) < 4.78 is 0. The van der Waals surface area contributed by atoms with Crippen LogP contribution in [0.2, 0.25) is 0 Å². The van der Waals surface area contributed by atoms with Gasteiger partial charge < -0.3 is 16.0 Å². The van der Waals surface area contributed by atoms with E-state index in [1.807, 2.05) is 24.0 Å². The highest BCUT2D eigenvalue weighted by molar-refractivity contribution is 5.95. The fourth-order valence-electron chi connectivity index (χ4n) is 6.56. The molecule has 2 heterocycles. The van der Waals surface area contributed by atoms with E-state index < -0.39 is 11.9 Å². The monoisotopic (exact) mass is 513 g/mol. The number of aryl methyl sites for hydroxylation is 1. The number of nitrogens with two attached hydrogens (primary N) is 1. The first-order valence-electron chi connectivity index (χ1n) is 14.1. The van der Waals surface area contributed by atoms with Crippen molar-refractivity contribution in [3.63, 3.8) is 0 Å². The van der Waals surface area contributed by atoms with E-state index in [0.29, 0.717) is 18.8 Å². The molecule has 38 heavy (non-hydrogen) atoms. The third-order valence-electron chi connectivity index (χ3n) is 8.52. The smallest absolute Gasteiger partial charge is 0.234 e. The molecule has 2 amide bonds. The Hall–Kier alpha value is -3.32. The molecule has 3 aromatic rings. The zero-order valence-electron chi connectivity index (χ0n) is 22.5. The first-order valence-corrected chi connectivity index (χ1v) is 14.1. The molecule has 0 radical (unpaired) electrons. The Labute approximate surface area is 225 Å². The molecule has 3 unspecified atom stereocenters. The van der Waals surface area contributed by atoms with Crippen LogP contribution >= 0.6 is 0 Å². The van der Waals surface area contributed by atoms with Crippen molar-refractivity contribution in [2.75, 3.05) is 13.6 Å². The summed E-state index contributed by atoms with van der Waals surface area (Å²) >= 11 is 0. The minimum Gasteiger partial charge on any atom is -0.368 e. The molecule has 5 rings (SSSR count). The van der Waals surface area contributed by atoms with Crippen LogP contribution in [0.3, 0.4) is 0 Å². The number of benzene rings is 2. The summed E-state index contributed by atoms with van der Waals surface area (Å²) in [5.41, 5.74) is 8.54. The molecule has 1 saturated carbocycles. The van der Waals surface area contributed by atoms with E-state index in [-0.39, 0.29) is 23.8 Å². The average Bonchev–Trinajstić information content (AvgIpc) is 3.43. The van der Waals surface area contributed by atoms with E-state index >= 15 is 0 Å². The standard InChI is InChI=1S/C31H39N5O2/c1-20-34-26(24-15-8-13-21-12-6-7-14-23(21)24)19-27(35-20)29-16-9-17-36(29)31(38)25(18-28(33-2)30(32)37)22-10-4-3-5-11-22/h6-8,12-15,19,22,25,28-29,33H,3-5,9-11,16-18H2,1-2H3,(H2,32,37). The van der Waals surface area contributed by atoms with Gasteiger partial charge in [0.15, 0.2) is 0 Å². The Kier molecular flexibility index (Phi) is 8.03. The first-order chi connectivity index (χ1) is 18.5. The number of fused-ring (bicyclic) bond motifs is 1. The number of amides is 2. The van der Waals surface area contributed by atoms with Gasteiger partial charge in [0.1, 0.15) is 5.82 Å². The van der Waals surface area contributed by atoms with E-state index in [1.54, 1.807) is 7.05 Å². The van der Waals surface area contributed by atoms with Crippen LogP contribution in [0.4, 0.5) is 0 Å². The number of carbonyl (C=O) groups is 2. The van der Waals surface area contributed by atoms with Crippen LogP contribution in [-0.4, -0.2) is 46.3 Å². The Morgan fingerprint density at radius 2 is 1.79 bits per heavy atom. The van der Waals surface area contributed by atoms with Gasteiger partial charge in [0.25, 0.3) is 0 Å². The third-order valence-corrected chi connectivity index (χ3v) is 8.52. The van der Waals surface area contributed by atoms with Crippen molar-refractivity contribution in [2.45, 2.75) is 70.4 Å². The van der Waals surface area contributed by atoms with E-state index in [9.17, 15) is 9.59 Å². The normalized spacial score (nSPS) is 19.9. The molecule has 1 aromatic heterocycles. The summed E-state index contributed by atoms with van der Waals surface area (Å²) in [7, 11) is 1.75. The van der Waals surface area contributed by atoms with E-state index in [2.05, 4.69) is 41.7 Å². The van der Waals surface area contributed by atoms with E-state index in [1.165, 1.54) is 11.8 Å². The SMILES string of the molecule is CNC(CC(C(=O)N1CCCC1c1cc(-c2cccc3ccccc23)nc(C)n1)C1CCCCC1)C(N)=O. The van der Waals surface area contributed by atoms with Crippen molar-refractivity contribution in [2.24, 2.45) is 17.6 Å². The molecule has 2 fully saturated rings. The fraction of sp³-hybridized carbons (Fsp3) is 0.484. The molecule has 7 heteroatoms. The second kappa shape index (κ2) is 11.6. The molecule has 1 saturated heterocycles. The van der Waals surface area contributed by atoms with Crippen molar-refractivity contribution in [3.8, 4) is 11.3 Å². The summed E-state index contributed by atoms with van der Waals surface area (Å²) in [5.74, 6) is 0.513. The van der Waals surface area contributed by atoms with E-state index in [0.717, 1.165) is 60.9 Å². The minimum absolute atomic E-state index is 0.0920. The van der Waals surface area contributed by atoms with Crippen LogP contribution in [0.5, 0.6) is 0 Å². The highest BCUT2D eigenvalue weighted by atomic mass is 16.2. The Bertz CT molecular complexity index is 1300. The molecule has 2 aromatic carbocycles. The highest BCUT2D eigenvalue weighted by Crippen LogP contribution is 2.39. The number of nitrogens with one attached hydrogen (secondary N) is 1. The molecule has 2 aliphatic rings. The topological polar surface area (TPSA) is 101 Å². The lowest BCUT2D eigenvalue weighted by Gasteiger charge is -2.35. The minimum atomic E-state index is -0.508. The van der Waals surface area contributed by atoms with Crippen LogP contribution in [0.1, 0.15) is 68.9 Å². The summed E-state index contributed by atoms with van der Waals surface area (Å²) in [6.07, 6.45) is 7.81. The van der Waals surface area contributed by atoms with Crippen molar-refractivity contribution >= 4 is 22.6 Å². The number of hydrogen-bond acceptors (Lipinski definition) is 5. The number of carbonyl (C=O) groups excluding carboxylic acids is 2. The molecule has 1 aliphatic heterocycles. The van der Waals surface area contributed by atoms with Gasteiger partial charge in [0.2, 0.25) is 11.8 Å². The van der Waals surface area contributed by atoms with Crippen molar-refractivity contribution in [1.82, 2.24) is 20.2 Å². The number of aromatic nitrogens is 2. The second-order valence-corrected chi connectivity index (χ2v) is 10.9. The van der Waals surface area contributed by atoms with Crippen molar-refractivity contribution in [1.29, 1.82) is 0 Å². The number of rotatable bonds is 8. The summed E-state index contributed by atoms with van der Waals surface area (Å²) in [6.45, 7) is 2.63. The van der Waals surface area contributed by atoms with Crippen LogP contribution in [-0.2, 0) is 9.59 Å². The maximum atomic E-state index is 14.2. The summed E-state index contributed by atoms with van der Waals surface area (Å²) in [4.78, 5) is 38.0. The lowest BCUT2D eigenvalue weighted by Crippen LogP contribution is -2.46. The van der Waals surface area contributed by atoms with Crippen molar-refractivity contribution in [3.05, 3.63) is 60.0 Å². The number of likely N-dealkylation sites (tertiary alicyclic amines) is 1. The number of nitrogens with zero attached hydrogens (tertiary/aromatic N) is 3. The van der Waals surface area contributed by atoms with Gasteiger partial charge in [-0.05, 0) is 68.8 Å². The molecular weight excluding hydrogens is 474 g/mol. The number of primary amides is 1. The van der Waals surface area contributed by atoms with Gasteiger partial charge in [-0.2, -0.15) is 0 Å². The predicted octanol–water partition coefficient (Wildman–Crippen LogP) is 4.93. The molecule has 3 N–H and O–H groups in total. The third kappa shape index (κ3) is 5.44. The van der Waals surface area contributed by atoms with Gasteiger partial charge in [-0.25, -0.2) is 9.97 Å². The van der Waals surface area contributed by atoms with Crippen LogP contribution in [0, 0.1) is 18.8 Å². The van der Waals surface area contributed by atoms with Gasteiger partial charge >= 0.3 is 0 Å². The lowest BCUT2D eigenvalue weighted by molar-refractivity contribution is -0.139. The Morgan fingerprint density at radius 1 is 1.03 bits per heavy atom. The number of hydrogen-bond donors (Lipinski definition) is 2. The van der Waals surface area contributed by atoms with Gasteiger partial charge in [-0.3, -0.25) is 9.59 Å². The second-order valence-electron chi connectivity index (χ2n) is 10.9. The van der Waals surface area contributed by atoms with Crippen LogP contribution in [0.25, 0.3) is 22.0 Å². The molecule has 0 bridgehead atoms. The van der Waals surface area contributed by atoms with Gasteiger partial charge in [0, 0.05) is 18.0 Å². The molecule has 1 aliphatic carbocycles. The number of likely N-dealkylation sites (N-methyl/N-ethyl adjacent to an activating group) is 1. The summed E-state index contributed by atoms with van der Waals surface area (Å²) in [5, 5.41) is 5.36. The Morgan fingerprint density at radius 3 is 2.55 bits per heavy atom. The quantitative estimate of drug-likeness (QED) is 0.445. The summed E-state index contributed by atoms with van der Waals surface area (Å²) in [6, 6.07) is 16.1. The zero-order valence-corrected chi connectivity index (χ0v) is 22.5. The van der Waals surface area contributed by atoms with E-state index in [4.69, 9.17) is 15.7 Å². The molecule has 3 atom stereocenters. The van der Waals surface area contributed by atoms with Crippen molar-refractivity contribution < 1.29 is 9.59 Å². The lowest BCUT2D eigenvalue weighted by atomic mass is 9.76. The van der Waals surface area contributed by atoms with Gasteiger partial charge in [-0.15, -0.1) is 0 Å². The molecule has 7 nitrogen and oxygen atoms in total. The van der Waals surface area contributed by atoms with Gasteiger partial charge in [0.05, 0.1) is 23.5 Å². The largest absolute Gasteiger partial charge is 0.368 e. The van der Waals surface area contributed by atoms with Crippen LogP contribution < -0.4 is 11.1 Å². The molecular formula is C31H39N5O2. The maximum absolute atomic E-state index is 14.2. The van der Waals surface area contributed by atoms with Gasteiger partial charge in [-0.1, -0.05) is 61.7 Å². The maximum Gasteiger partial charge on any atom is 0.234 e. The Balaban J connectivity index is 1.47. The zero-order chi connectivity index (χ0) is 26.6.